The largest absolute Gasteiger partial charge is 0.496 e. The summed E-state index contributed by atoms with van der Waals surface area (Å²) in [6.45, 7) is 5.88. The van der Waals surface area contributed by atoms with E-state index in [-0.39, 0.29) is 30.0 Å². The van der Waals surface area contributed by atoms with Crippen molar-refractivity contribution in [3.8, 4) is 17.2 Å². The molecule has 1 unspecified atom stereocenters. The first-order chi connectivity index (χ1) is 14.5. The molecule has 0 bridgehead atoms. The fourth-order valence-corrected chi connectivity index (χ4v) is 3.13. The Kier molecular flexibility index (Phi) is 12.1. The maximum Gasteiger partial charge on any atom is 0.195 e. The van der Waals surface area contributed by atoms with Gasteiger partial charge in [0.1, 0.15) is 5.75 Å². The van der Waals surface area contributed by atoms with E-state index in [4.69, 9.17) is 19.2 Å². The third kappa shape index (κ3) is 7.77. The third-order valence-corrected chi connectivity index (χ3v) is 4.61. The number of methoxy groups -OCH3 is 2. The van der Waals surface area contributed by atoms with Crippen molar-refractivity contribution in [1.29, 1.82) is 0 Å². The van der Waals surface area contributed by atoms with Gasteiger partial charge in [-0.25, -0.2) is 0 Å². The second kappa shape index (κ2) is 14.0. The Morgan fingerprint density at radius 3 is 2.32 bits per heavy atom. The maximum atomic E-state index is 5.68. The molecule has 0 fully saturated rings. The average Bonchev–Trinajstić information content (AvgIpc) is 2.74. The van der Waals surface area contributed by atoms with Crippen LogP contribution in [0.4, 0.5) is 5.69 Å². The van der Waals surface area contributed by atoms with Gasteiger partial charge in [-0.2, -0.15) is 0 Å². The van der Waals surface area contributed by atoms with E-state index < -0.39 is 0 Å². The molecule has 0 saturated carbocycles. The number of aliphatic imine (C=N–C) groups is 1. The molecule has 172 valence electrons. The Morgan fingerprint density at radius 2 is 1.71 bits per heavy atom. The third-order valence-electron chi connectivity index (χ3n) is 4.61. The number of likely N-dealkylation sites (N-methyl/N-ethyl adjacent to an activating group) is 1. The zero-order valence-corrected chi connectivity index (χ0v) is 21.6. The number of rotatable bonds is 10. The van der Waals surface area contributed by atoms with Crippen LogP contribution in [0, 0.1) is 0 Å². The summed E-state index contributed by atoms with van der Waals surface area (Å²) < 4.78 is 16.6. The number of nitrogens with zero attached hydrogens (tertiary/aromatic N) is 2. The van der Waals surface area contributed by atoms with Crippen molar-refractivity contribution in [3.05, 3.63) is 48.0 Å². The predicted octanol–water partition coefficient (Wildman–Crippen LogP) is 4.40. The molecule has 2 rings (SSSR count). The Labute approximate surface area is 203 Å². The highest BCUT2D eigenvalue weighted by Gasteiger charge is 2.18. The van der Waals surface area contributed by atoms with Crippen LogP contribution in [0.5, 0.6) is 17.2 Å². The minimum atomic E-state index is 0. The molecule has 0 radical (unpaired) electrons. The maximum absolute atomic E-state index is 5.68. The predicted molar refractivity (Wildman–Crippen MR) is 139 cm³/mol. The molecule has 0 aliphatic heterocycles. The number of guanidine groups is 1. The lowest BCUT2D eigenvalue weighted by Gasteiger charge is -2.25. The average molecular weight is 542 g/mol. The number of anilines is 1. The van der Waals surface area contributed by atoms with Crippen LogP contribution in [0.2, 0.25) is 0 Å². The molecule has 0 aliphatic carbocycles. The molecule has 1 atom stereocenters. The molecule has 2 aromatic carbocycles. The topological polar surface area (TPSA) is 67.4 Å². The smallest absolute Gasteiger partial charge is 0.195 e. The highest BCUT2D eigenvalue weighted by atomic mass is 127. The van der Waals surface area contributed by atoms with E-state index in [0.717, 1.165) is 23.5 Å². The van der Waals surface area contributed by atoms with E-state index in [1.807, 2.05) is 64.3 Å². The molecular formula is C23H35IN4O3. The summed E-state index contributed by atoms with van der Waals surface area (Å²) in [4.78, 5) is 6.97. The normalized spacial score (nSPS) is 12.0. The first-order valence-corrected chi connectivity index (χ1v) is 10.2. The lowest BCUT2D eigenvalue weighted by Crippen LogP contribution is -2.32. The Bertz CT molecular complexity index is 830. The molecular weight excluding hydrogens is 507 g/mol. The zero-order chi connectivity index (χ0) is 21.9. The Balaban J connectivity index is 0.00000480. The van der Waals surface area contributed by atoms with Crippen LogP contribution < -0.4 is 24.8 Å². The van der Waals surface area contributed by atoms with Gasteiger partial charge in [-0.05, 0) is 46.1 Å². The molecule has 2 aromatic rings. The summed E-state index contributed by atoms with van der Waals surface area (Å²) in [5.41, 5.74) is 1.98. The summed E-state index contributed by atoms with van der Waals surface area (Å²) in [7, 11) is 7.42. The van der Waals surface area contributed by atoms with E-state index in [2.05, 4.69) is 21.6 Å². The zero-order valence-electron chi connectivity index (χ0n) is 19.3. The van der Waals surface area contributed by atoms with Gasteiger partial charge in [0.15, 0.2) is 17.5 Å². The van der Waals surface area contributed by atoms with Crippen molar-refractivity contribution < 1.29 is 14.2 Å². The second-order valence-electron chi connectivity index (χ2n) is 6.86. The Hall–Kier alpha value is -2.20. The molecule has 31 heavy (non-hydrogen) atoms. The summed E-state index contributed by atoms with van der Waals surface area (Å²) in [5, 5.41) is 6.66. The van der Waals surface area contributed by atoms with Crippen molar-refractivity contribution in [2.75, 3.05) is 53.3 Å². The van der Waals surface area contributed by atoms with Crippen molar-refractivity contribution >= 4 is 35.6 Å². The van der Waals surface area contributed by atoms with Gasteiger partial charge in [-0.15, -0.1) is 24.0 Å². The number of benzene rings is 2. The van der Waals surface area contributed by atoms with Crippen molar-refractivity contribution in [2.45, 2.75) is 19.9 Å². The molecule has 0 saturated heterocycles. The van der Waals surface area contributed by atoms with Crippen LogP contribution >= 0.6 is 24.0 Å². The van der Waals surface area contributed by atoms with Crippen LogP contribution in [0.15, 0.2) is 47.5 Å². The van der Waals surface area contributed by atoms with Gasteiger partial charge < -0.3 is 29.7 Å². The summed E-state index contributed by atoms with van der Waals surface area (Å²) >= 11 is 0. The van der Waals surface area contributed by atoms with E-state index in [1.165, 1.54) is 0 Å². The molecule has 8 heteroatoms. The number of nitrogens with one attached hydrogen (secondary N) is 2. The highest BCUT2D eigenvalue weighted by Crippen LogP contribution is 2.30. The van der Waals surface area contributed by atoms with Gasteiger partial charge in [-0.1, -0.05) is 18.2 Å². The molecule has 0 aliphatic rings. The first-order valence-electron chi connectivity index (χ1n) is 10.2. The number of hydrogen-bond acceptors (Lipinski definition) is 5. The van der Waals surface area contributed by atoms with Crippen LogP contribution in [0.25, 0.3) is 0 Å². The monoisotopic (exact) mass is 542 g/mol. The van der Waals surface area contributed by atoms with Crippen molar-refractivity contribution in [1.82, 2.24) is 10.2 Å². The van der Waals surface area contributed by atoms with E-state index in [9.17, 15) is 0 Å². The first kappa shape index (κ1) is 26.8. The van der Waals surface area contributed by atoms with Crippen LogP contribution in [0.3, 0.4) is 0 Å². The second-order valence-corrected chi connectivity index (χ2v) is 6.86. The van der Waals surface area contributed by atoms with E-state index in [0.29, 0.717) is 30.6 Å². The van der Waals surface area contributed by atoms with Gasteiger partial charge in [0.05, 0.1) is 33.4 Å². The number of para-hydroxylation sites is 1. The van der Waals surface area contributed by atoms with Gasteiger partial charge >= 0.3 is 0 Å². The summed E-state index contributed by atoms with van der Waals surface area (Å²) in [6.07, 6.45) is 0. The number of halogens is 1. The van der Waals surface area contributed by atoms with Crippen molar-refractivity contribution in [2.24, 2.45) is 4.99 Å². The summed E-state index contributed by atoms with van der Waals surface area (Å²) in [5.74, 6) is 2.96. The highest BCUT2D eigenvalue weighted by molar-refractivity contribution is 14.0. The molecule has 2 N–H and O–H groups in total. The minimum absolute atomic E-state index is 0. The minimum Gasteiger partial charge on any atom is -0.496 e. The lowest BCUT2D eigenvalue weighted by atomic mass is 10.0. The Morgan fingerprint density at radius 1 is 1.00 bits per heavy atom. The fourth-order valence-electron chi connectivity index (χ4n) is 3.13. The molecule has 7 nitrogen and oxygen atoms in total. The van der Waals surface area contributed by atoms with Gasteiger partial charge in [0.25, 0.3) is 0 Å². The number of hydrogen-bond donors (Lipinski definition) is 2. The lowest BCUT2D eigenvalue weighted by molar-refractivity contribution is 0.295. The van der Waals surface area contributed by atoms with Crippen LogP contribution in [-0.4, -0.2) is 58.9 Å². The molecule has 0 heterocycles. The van der Waals surface area contributed by atoms with Crippen LogP contribution in [0.1, 0.15) is 25.5 Å². The molecule has 0 aromatic heterocycles. The molecule has 0 amide bonds. The van der Waals surface area contributed by atoms with E-state index in [1.54, 1.807) is 14.2 Å². The van der Waals surface area contributed by atoms with E-state index >= 15 is 0 Å². The number of ether oxygens (including phenoxy) is 3. The summed E-state index contributed by atoms with van der Waals surface area (Å²) in [6, 6.07) is 13.9. The molecule has 0 spiro atoms. The van der Waals surface area contributed by atoms with Crippen LogP contribution in [-0.2, 0) is 0 Å². The van der Waals surface area contributed by atoms with Gasteiger partial charge in [-0.3, -0.25) is 4.99 Å². The van der Waals surface area contributed by atoms with Gasteiger partial charge in [0.2, 0.25) is 0 Å². The van der Waals surface area contributed by atoms with Crippen molar-refractivity contribution in [3.63, 3.8) is 0 Å². The van der Waals surface area contributed by atoms with Gasteiger partial charge in [0, 0.05) is 23.9 Å². The SMILES string of the molecule is CCNC(=NCC(c1ccccc1OC)N(C)C)Nc1ccc(OC)c(OCC)c1.I. The standard InChI is InChI=1S/C23H34N4O3.HI/c1-7-24-23(26-17-13-14-21(29-6)22(15-17)30-8-2)25-16-19(27(3)4)18-11-9-10-12-20(18)28-5;/h9-15,19H,7-8,16H2,1-6H3,(H2,24,25,26);1H. The quantitative estimate of drug-likeness (QED) is 0.264. The fraction of sp³-hybridized carbons (Fsp3) is 0.435.